The quantitative estimate of drug-likeness (QED) is 0.548. The Morgan fingerprint density at radius 3 is 2.83 bits per heavy atom. The van der Waals surface area contributed by atoms with E-state index in [0.29, 0.717) is 18.4 Å². The molecule has 0 bridgehead atoms. The van der Waals surface area contributed by atoms with Crippen LogP contribution in [-0.4, -0.2) is 35.8 Å². The van der Waals surface area contributed by atoms with Crippen LogP contribution in [0.25, 0.3) is 17.2 Å². The summed E-state index contributed by atoms with van der Waals surface area (Å²) < 4.78 is 24.3. The number of nitrogens with one attached hydrogen (secondary N) is 1. The van der Waals surface area contributed by atoms with Gasteiger partial charge in [0.1, 0.15) is 11.9 Å². The largest absolute Gasteiger partial charge is 0.462 e. The summed E-state index contributed by atoms with van der Waals surface area (Å²) in [6.45, 7) is 4.15. The van der Waals surface area contributed by atoms with Crippen LogP contribution in [-0.2, 0) is 14.3 Å². The molecule has 1 aliphatic heterocycles. The predicted molar refractivity (Wildman–Crippen MR) is 134 cm³/mol. The molecule has 7 atom stereocenters. The number of cyclic esters (lactones) is 1. The summed E-state index contributed by atoms with van der Waals surface area (Å²) in [5, 5.41) is 3.00. The number of alkyl carbamates (subject to hydrolysis) is 1. The third-order valence-electron chi connectivity index (χ3n) is 8.18. The minimum Gasteiger partial charge on any atom is -0.462 e. The maximum absolute atomic E-state index is 13.6. The van der Waals surface area contributed by atoms with Crippen molar-refractivity contribution in [2.75, 3.05) is 6.61 Å². The minimum atomic E-state index is -0.368. The number of hydrogen-bond donors (Lipinski definition) is 1. The lowest BCUT2D eigenvalue weighted by molar-refractivity contribution is -0.144. The van der Waals surface area contributed by atoms with Gasteiger partial charge in [0.05, 0.1) is 18.2 Å². The van der Waals surface area contributed by atoms with Gasteiger partial charge in [0.2, 0.25) is 0 Å². The van der Waals surface area contributed by atoms with Crippen molar-refractivity contribution in [1.82, 2.24) is 10.3 Å². The van der Waals surface area contributed by atoms with Crippen LogP contribution in [0.1, 0.15) is 45.2 Å². The summed E-state index contributed by atoms with van der Waals surface area (Å²) in [6.07, 6.45) is 9.07. The lowest BCUT2D eigenvalue weighted by Gasteiger charge is -2.47. The normalized spacial score (nSPS) is 31.4. The Morgan fingerprint density at radius 2 is 2.08 bits per heavy atom. The molecule has 190 valence electrons. The predicted octanol–water partition coefficient (Wildman–Crippen LogP) is 5.63. The Labute approximate surface area is 211 Å². The van der Waals surface area contributed by atoms with Crippen molar-refractivity contribution >= 4 is 18.1 Å². The van der Waals surface area contributed by atoms with Gasteiger partial charge >= 0.3 is 12.1 Å². The number of esters is 1. The van der Waals surface area contributed by atoms with Crippen LogP contribution in [0.15, 0.2) is 48.7 Å². The fourth-order valence-corrected chi connectivity index (χ4v) is 6.64. The lowest BCUT2D eigenvalue weighted by Crippen LogP contribution is -2.48. The zero-order valence-electron chi connectivity index (χ0n) is 20.7. The van der Waals surface area contributed by atoms with Crippen LogP contribution < -0.4 is 5.32 Å². The zero-order chi connectivity index (χ0) is 25.2. The Kier molecular flexibility index (Phi) is 7.08. The first kappa shape index (κ1) is 24.5. The van der Waals surface area contributed by atoms with E-state index in [9.17, 15) is 14.0 Å². The van der Waals surface area contributed by atoms with Crippen LogP contribution in [0.3, 0.4) is 0 Å². The smallest absolute Gasteiger partial charge is 0.407 e. The van der Waals surface area contributed by atoms with Crippen LogP contribution in [0, 0.1) is 35.4 Å². The minimum absolute atomic E-state index is 0.0679. The van der Waals surface area contributed by atoms with E-state index in [1.807, 2.05) is 31.2 Å². The third kappa shape index (κ3) is 5.01. The number of nitrogens with zero attached hydrogens (tertiary/aromatic N) is 1. The summed E-state index contributed by atoms with van der Waals surface area (Å²) >= 11 is 0. The number of allylic oxidation sites excluding steroid dienone is 1. The highest BCUT2D eigenvalue weighted by Crippen LogP contribution is 2.53. The van der Waals surface area contributed by atoms with E-state index in [-0.39, 0.29) is 47.8 Å². The fourth-order valence-electron chi connectivity index (χ4n) is 6.64. The number of ether oxygens (including phenoxy) is 2. The Bertz CT molecular complexity index is 1130. The van der Waals surface area contributed by atoms with Crippen molar-refractivity contribution in [2.45, 2.75) is 51.7 Å². The van der Waals surface area contributed by atoms with Crippen molar-refractivity contribution < 1.29 is 23.5 Å². The molecule has 36 heavy (non-hydrogen) atoms. The molecule has 3 fully saturated rings. The molecule has 0 spiro atoms. The SMILES string of the molecule is CCOC(=O)N[C@H]1CC[C@@H]2[C@H](C1)C[C@@H]1C(=O)O[C@@H](C)[C@H]1[C@@H]2/C=C/c1ccc(-c2cccc(F)c2)cn1. The van der Waals surface area contributed by atoms with Crippen LogP contribution >= 0.6 is 0 Å². The van der Waals surface area contributed by atoms with Gasteiger partial charge in [-0.05, 0) is 87.1 Å². The van der Waals surface area contributed by atoms with Crippen molar-refractivity contribution in [3.05, 3.63) is 60.2 Å². The number of hydrogen-bond acceptors (Lipinski definition) is 5. The molecule has 2 aromatic rings. The first-order valence-corrected chi connectivity index (χ1v) is 13.0. The van der Waals surface area contributed by atoms with Gasteiger partial charge < -0.3 is 14.8 Å². The van der Waals surface area contributed by atoms with E-state index < -0.39 is 0 Å². The van der Waals surface area contributed by atoms with E-state index in [4.69, 9.17) is 9.47 Å². The van der Waals surface area contributed by atoms with Gasteiger partial charge in [0, 0.05) is 23.7 Å². The van der Waals surface area contributed by atoms with Gasteiger partial charge in [-0.3, -0.25) is 9.78 Å². The van der Waals surface area contributed by atoms with Crippen LogP contribution in [0.5, 0.6) is 0 Å². The molecular weight excluding hydrogens is 459 g/mol. The van der Waals surface area contributed by atoms with Gasteiger partial charge in [-0.15, -0.1) is 0 Å². The number of benzene rings is 1. The topological polar surface area (TPSA) is 77.5 Å². The Hall–Kier alpha value is -3.22. The second kappa shape index (κ2) is 10.4. The number of carbonyl (C=O) groups is 2. The number of rotatable bonds is 5. The average molecular weight is 493 g/mol. The van der Waals surface area contributed by atoms with E-state index in [2.05, 4.69) is 16.4 Å². The maximum Gasteiger partial charge on any atom is 0.407 e. The first-order chi connectivity index (χ1) is 17.4. The average Bonchev–Trinajstić information content (AvgIpc) is 3.15. The number of fused-ring (bicyclic) bond motifs is 2. The molecule has 3 aliphatic rings. The van der Waals surface area contributed by atoms with Crippen molar-refractivity contribution in [2.24, 2.45) is 29.6 Å². The number of amides is 1. The van der Waals surface area contributed by atoms with E-state index >= 15 is 0 Å². The molecule has 1 saturated heterocycles. The third-order valence-corrected chi connectivity index (χ3v) is 8.18. The van der Waals surface area contributed by atoms with Crippen molar-refractivity contribution in [3.8, 4) is 11.1 Å². The summed E-state index contributed by atoms with van der Waals surface area (Å²) in [5.74, 6) is 0.629. The maximum atomic E-state index is 13.6. The lowest BCUT2D eigenvalue weighted by atomic mass is 9.57. The molecule has 0 unspecified atom stereocenters. The Morgan fingerprint density at radius 1 is 1.22 bits per heavy atom. The molecule has 2 saturated carbocycles. The second-order valence-corrected chi connectivity index (χ2v) is 10.3. The summed E-state index contributed by atoms with van der Waals surface area (Å²) in [4.78, 5) is 29.2. The molecule has 6 nitrogen and oxygen atoms in total. The first-order valence-electron chi connectivity index (χ1n) is 13.0. The van der Waals surface area contributed by atoms with Gasteiger partial charge in [-0.1, -0.05) is 24.3 Å². The molecule has 0 radical (unpaired) electrons. The fraction of sp³-hybridized carbons (Fsp3) is 0.483. The van der Waals surface area contributed by atoms with Gasteiger partial charge in [-0.2, -0.15) is 0 Å². The highest BCUT2D eigenvalue weighted by molar-refractivity contribution is 5.75. The van der Waals surface area contributed by atoms with Crippen LogP contribution in [0.4, 0.5) is 9.18 Å². The monoisotopic (exact) mass is 492 g/mol. The van der Waals surface area contributed by atoms with Crippen LogP contribution in [0.2, 0.25) is 0 Å². The molecule has 1 amide bonds. The van der Waals surface area contributed by atoms with Gasteiger partial charge in [-0.25, -0.2) is 9.18 Å². The summed E-state index contributed by atoms with van der Waals surface area (Å²) in [6, 6.07) is 10.4. The number of carbonyl (C=O) groups excluding carboxylic acids is 2. The van der Waals surface area contributed by atoms with Gasteiger partial charge in [0.25, 0.3) is 0 Å². The molecule has 1 N–H and O–H groups in total. The number of halogens is 1. The molecule has 1 aromatic carbocycles. The van der Waals surface area contributed by atoms with Crippen molar-refractivity contribution in [3.63, 3.8) is 0 Å². The number of pyridine rings is 1. The second-order valence-electron chi connectivity index (χ2n) is 10.3. The van der Waals surface area contributed by atoms with Crippen molar-refractivity contribution in [1.29, 1.82) is 0 Å². The molecule has 2 heterocycles. The highest BCUT2D eigenvalue weighted by atomic mass is 19.1. The Balaban J connectivity index is 1.34. The molecular formula is C29H33FN2O4. The molecule has 2 aliphatic carbocycles. The van der Waals surface area contributed by atoms with E-state index in [1.165, 1.54) is 12.1 Å². The molecule has 5 rings (SSSR count). The van der Waals surface area contributed by atoms with E-state index in [1.54, 1.807) is 19.2 Å². The molecule has 1 aromatic heterocycles. The molecule has 7 heteroatoms. The number of aromatic nitrogens is 1. The summed E-state index contributed by atoms with van der Waals surface area (Å²) in [7, 11) is 0. The zero-order valence-corrected chi connectivity index (χ0v) is 20.7. The van der Waals surface area contributed by atoms with E-state index in [0.717, 1.165) is 42.5 Å². The summed E-state index contributed by atoms with van der Waals surface area (Å²) in [5.41, 5.74) is 2.48. The highest BCUT2D eigenvalue weighted by Gasteiger charge is 2.54. The standard InChI is InChI=1S/C29H33FN2O4/c1-3-35-29(34)32-23-10-11-24-20(14-23)15-26-27(17(2)36-28(26)33)25(24)12-9-22-8-7-19(16-31-22)18-5-4-6-21(30)13-18/h4-9,12-13,16-17,20,23-27H,3,10-11,14-15H2,1-2H3,(H,32,34)/b12-9+/t17-,20+,23-,24+,25+,26-,27-/m0/s1. The van der Waals surface area contributed by atoms with Gasteiger partial charge in [0.15, 0.2) is 0 Å².